The Hall–Kier alpha value is -2.56. The van der Waals surface area contributed by atoms with Gasteiger partial charge in [0.15, 0.2) is 11.6 Å². The van der Waals surface area contributed by atoms with E-state index < -0.39 is 23.4 Å². The molecule has 0 aromatic heterocycles. The second-order valence-corrected chi connectivity index (χ2v) is 6.02. The van der Waals surface area contributed by atoms with Crippen molar-refractivity contribution in [3.63, 3.8) is 0 Å². The zero-order chi connectivity index (χ0) is 18.0. The summed E-state index contributed by atoms with van der Waals surface area (Å²) in [7, 11) is 0. The summed E-state index contributed by atoms with van der Waals surface area (Å²) in [6.45, 7) is 2.09. The topological polar surface area (TPSA) is 26.3 Å². The number of ether oxygens (including phenoxy) is 1. The lowest BCUT2D eigenvalue weighted by Crippen LogP contribution is -2.15. The summed E-state index contributed by atoms with van der Waals surface area (Å²) in [4.78, 5) is 12.2. The summed E-state index contributed by atoms with van der Waals surface area (Å²) in [6.07, 6.45) is 5.12. The third kappa shape index (κ3) is 3.60. The van der Waals surface area contributed by atoms with Crippen molar-refractivity contribution in [3.05, 3.63) is 76.1 Å². The maximum Gasteiger partial charge on any atom is 0.346 e. The van der Waals surface area contributed by atoms with Crippen LogP contribution in [0.4, 0.5) is 13.2 Å². The minimum atomic E-state index is -1.13. The molecule has 0 saturated carbocycles. The largest absolute Gasteiger partial charge is 0.423 e. The van der Waals surface area contributed by atoms with E-state index in [2.05, 4.69) is 6.92 Å². The first-order chi connectivity index (χ1) is 12.0. The molecule has 0 amide bonds. The Morgan fingerprint density at radius 3 is 2.64 bits per heavy atom. The number of rotatable bonds is 4. The molecule has 0 unspecified atom stereocenters. The van der Waals surface area contributed by atoms with Gasteiger partial charge in [0.2, 0.25) is 0 Å². The second-order valence-electron chi connectivity index (χ2n) is 6.02. The Balaban J connectivity index is 1.83. The first kappa shape index (κ1) is 17.3. The molecule has 2 aromatic carbocycles. The van der Waals surface area contributed by atoms with E-state index in [1.807, 2.05) is 6.08 Å². The normalized spacial score (nSPS) is 13.2. The third-order valence-electron chi connectivity index (χ3n) is 4.25. The molecule has 5 heteroatoms. The van der Waals surface area contributed by atoms with Crippen molar-refractivity contribution in [2.24, 2.45) is 0 Å². The summed E-state index contributed by atoms with van der Waals surface area (Å²) in [5.74, 6) is -3.91. The second kappa shape index (κ2) is 7.13. The van der Waals surface area contributed by atoms with Gasteiger partial charge in [-0.2, -0.15) is 0 Å². The fourth-order valence-corrected chi connectivity index (χ4v) is 2.98. The molecular formula is C20H17F3O2. The van der Waals surface area contributed by atoms with E-state index in [1.54, 1.807) is 6.07 Å². The average Bonchev–Trinajstić information content (AvgIpc) is 2.58. The molecule has 0 spiro atoms. The van der Waals surface area contributed by atoms with E-state index >= 15 is 0 Å². The zero-order valence-electron chi connectivity index (χ0n) is 13.7. The summed E-state index contributed by atoms with van der Waals surface area (Å²) < 4.78 is 45.8. The molecule has 2 nitrogen and oxygen atoms in total. The van der Waals surface area contributed by atoms with E-state index in [0.29, 0.717) is 18.4 Å². The quantitative estimate of drug-likeness (QED) is 0.435. The van der Waals surface area contributed by atoms with Gasteiger partial charge in [-0.3, -0.25) is 0 Å². The van der Waals surface area contributed by atoms with Crippen LogP contribution < -0.4 is 4.74 Å². The fourth-order valence-electron chi connectivity index (χ4n) is 2.98. The van der Waals surface area contributed by atoms with Gasteiger partial charge in [0.25, 0.3) is 0 Å². The number of carbonyl (C=O) groups excluding carboxylic acids is 1. The Labute approximate surface area is 143 Å². The van der Waals surface area contributed by atoms with Crippen LogP contribution in [0, 0.1) is 17.5 Å². The monoisotopic (exact) mass is 346 g/mol. The zero-order valence-corrected chi connectivity index (χ0v) is 13.7. The van der Waals surface area contributed by atoms with Gasteiger partial charge in [0.1, 0.15) is 11.6 Å². The van der Waals surface area contributed by atoms with E-state index in [4.69, 9.17) is 4.74 Å². The number of carbonyl (C=O) groups is 1. The molecule has 0 heterocycles. The van der Waals surface area contributed by atoms with Crippen molar-refractivity contribution in [1.29, 1.82) is 0 Å². The average molecular weight is 346 g/mol. The number of hydrogen-bond donors (Lipinski definition) is 0. The highest BCUT2D eigenvalue weighted by atomic mass is 19.2. The number of esters is 1. The molecule has 0 bridgehead atoms. The highest BCUT2D eigenvalue weighted by Gasteiger charge is 2.22. The molecule has 1 aliphatic rings. The molecule has 0 aliphatic heterocycles. The van der Waals surface area contributed by atoms with E-state index in [0.717, 1.165) is 36.6 Å². The highest BCUT2D eigenvalue weighted by molar-refractivity contribution is 5.91. The molecule has 0 saturated heterocycles. The van der Waals surface area contributed by atoms with Gasteiger partial charge < -0.3 is 4.74 Å². The van der Waals surface area contributed by atoms with Gasteiger partial charge >= 0.3 is 5.97 Å². The van der Waals surface area contributed by atoms with Gasteiger partial charge in [-0.05, 0) is 48.6 Å². The van der Waals surface area contributed by atoms with Crippen LogP contribution in [0.5, 0.6) is 5.75 Å². The number of halogens is 3. The fraction of sp³-hybridized carbons (Fsp3) is 0.250. The lowest BCUT2D eigenvalue weighted by atomic mass is 9.88. The summed E-state index contributed by atoms with van der Waals surface area (Å²) >= 11 is 0. The number of allylic oxidation sites excluding steroid dienone is 2. The van der Waals surface area contributed by atoms with Crippen LogP contribution in [0.3, 0.4) is 0 Å². The first-order valence-electron chi connectivity index (χ1n) is 8.15. The molecule has 25 heavy (non-hydrogen) atoms. The SMILES string of the molecule is CCCC1=CCc2c(ccc(C(=O)Oc3ccc(F)c(F)c3)c2F)C1. The van der Waals surface area contributed by atoms with Gasteiger partial charge in [0.05, 0.1) is 5.56 Å². The van der Waals surface area contributed by atoms with Crippen LogP contribution in [0.25, 0.3) is 0 Å². The highest BCUT2D eigenvalue weighted by Crippen LogP contribution is 2.28. The van der Waals surface area contributed by atoms with Crippen molar-refractivity contribution in [2.45, 2.75) is 32.6 Å². The van der Waals surface area contributed by atoms with Crippen LogP contribution in [0.1, 0.15) is 41.3 Å². The minimum absolute atomic E-state index is 0.175. The number of fused-ring (bicyclic) bond motifs is 1. The Morgan fingerprint density at radius 1 is 1.12 bits per heavy atom. The molecule has 1 aliphatic carbocycles. The Morgan fingerprint density at radius 2 is 1.92 bits per heavy atom. The molecule has 130 valence electrons. The lowest BCUT2D eigenvalue weighted by molar-refractivity contribution is 0.0729. The maximum absolute atomic E-state index is 14.7. The standard InChI is InChI=1S/C20H17F3O2/c1-2-3-12-4-7-15-13(10-12)5-8-16(19(15)23)20(24)25-14-6-9-17(21)18(22)11-14/h4-6,8-9,11H,2-3,7,10H2,1H3. The number of hydrogen-bond acceptors (Lipinski definition) is 2. The van der Waals surface area contributed by atoms with Crippen LogP contribution in [0.2, 0.25) is 0 Å². The molecule has 0 N–H and O–H groups in total. The Bertz CT molecular complexity index is 856. The Kier molecular flexibility index (Phi) is 4.93. The predicted molar refractivity (Wildman–Crippen MR) is 88.1 cm³/mol. The summed E-state index contributed by atoms with van der Waals surface area (Å²) in [5, 5.41) is 0. The van der Waals surface area contributed by atoms with E-state index in [1.165, 1.54) is 11.6 Å². The van der Waals surface area contributed by atoms with Crippen molar-refractivity contribution in [2.75, 3.05) is 0 Å². The predicted octanol–water partition coefficient (Wildman–Crippen LogP) is 5.15. The molecule has 0 fully saturated rings. The summed E-state index contributed by atoms with van der Waals surface area (Å²) in [6, 6.07) is 5.82. The third-order valence-corrected chi connectivity index (χ3v) is 4.25. The van der Waals surface area contributed by atoms with Crippen molar-refractivity contribution in [3.8, 4) is 5.75 Å². The van der Waals surface area contributed by atoms with E-state index in [-0.39, 0.29) is 11.3 Å². The van der Waals surface area contributed by atoms with Crippen LogP contribution >= 0.6 is 0 Å². The molecule has 3 rings (SSSR count). The smallest absolute Gasteiger partial charge is 0.346 e. The van der Waals surface area contributed by atoms with Crippen molar-refractivity contribution in [1.82, 2.24) is 0 Å². The van der Waals surface area contributed by atoms with Gasteiger partial charge in [-0.25, -0.2) is 18.0 Å². The van der Waals surface area contributed by atoms with Crippen LogP contribution in [0.15, 0.2) is 42.0 Å². The molecular weight excluding hydrogens is 329 g/mol. The lowest BCUT2D eigenvalue weighted by Gasteiger charge is -2.18. The maximum atomic E-state index is 14.7. The minimum Gasteiger partial charge on any atom is -0.423 e. The molecule has 0 radical (unpaired) electrons. The van der Waals surface area contributed by atoms with Crippen molar-refractivity contribution < 1.29 is 22.7 Å². The first-order valence-corrected chi connectivity index (χ1v) is 8.15. The van der Waals surface area contributed by atoms with Gasteiger partial charge in [-0.15, -0.1) is 0 Å². The van der Waals surface area contributed by atoms with E-state index in [9.17, 15) is 18.0 Å². The van der Waals surface area contributed by atoms with Crippen molar-refractivity contribution >= 4 is 5.97 Å². The van der Waals surface area contributed by atoms with Crippen LogP contribution in [-0.4, -0.2) is 5.97 Å². The molecule has 2 aromatic rings. The summed E-state index contributed by atoms with van der Waals surface area (Å²) in [5.41, 5.74) is 2.41. The van der Waals surface area contributed by atoms with Crippen LogP contribution in [-0.2, 0) is 12.8 Å². The number of benzene rings is 2. The van der Waals surface area contributed by atoms with Gasteiger partial charge in [0, 0.05) is 6.07 Å². The molecule has 0 atom stereocenters. The van der Waals surface area contributed by atoms with Gasteiger partial charge in [-0.1, -0.05) is 31.1 Å².